The Morgan fingerprint density at radius 1 is 1.23 bits per heavy atom. The number of hydrogen-bond acceptors (Lipinski definition) is 5. The summed E-state index contributed by atoms with van der Waals surface area (Å²) < 4.78 is 0. The molecule has 0 spiro atoms. The maximum absolute atomic E-state index is 12.2. The minimum atomic E-state index is -0.100. The number of rotatable bonds is 6. The van der Waals surface area contributed by atoms with E-state index in [4.69, 9.17) is 0 Å². The van der Waals surface area contributed by atoms with Gasteiger partial charge in [-0.15, -0.1) is 0 Å². The third-order valence-corrected chi connectivity index (χ3v) is 3.95. The van der Waals surface area contributed by atoms with E-state index in [-0.39, 0.29) is 5.91 Å². The molecule has 1 aliphatic rings. The smallest absolute Gasteiger partial charge is 0.270 e. The lowest BCUT2D eigenvalue weighted by molar-refractivity contribution is 0.0947. The zero-order valence-electron chi connectivity index (χ0n) is 13.9. The third kappa shape index (κ3) is 4.66. The Hall–Kier alpha value is -1.69. The van der Waals surface area contributed by atoms with Crippen LogP contribution in [0.5, 0.6) is 0 Å². The SMILES string of the molecule is CCCCCNC(=O)c1cc(N2CCN(C)CC2)nc(C)n1. The molecule has 0 saturated carbocycles. The van der Waals surface area contributed by atoms with Crippen LogP contribution < -0.4 is 10.2 Å². The second-order valence-corrected chi connectivity index (χ2v) is 5.91. The number of anilines is 1. The number of aryl methyl sites for hydroxylation is 1. The van der Waals surface area contributed by atoms with Crippen LogP contribution in [-0.4, -0.2) is 60.5 Å². The molecule has 0 radical (unpaired) electrons. The number of unbranched alkanes of at least 4 members (excludes halogenated alkanes) is 2. The fraction of sp³-hybridized carbons (Fsp3) is 0.688. The van der Waals surface area contributed by atoms with E-state index in [1.807, 2.05) is 13.0 Å². The van der Waals surface area contributed by atoms with Crippen LogP contribution >= 0.6 is 0 Å². The molecule has 0 atom stereocenters. The number of hydrogen-bond donors (Lipinski definition) is 1. The minimum Gasteiger partial charge on any atom is -0.354 e. The Bertz CT molecular complexity index is 497. The van der Waals surface area contributed by atoms with Gasteiger partial charge in [0.1, 0.15) is 17.3 Å². The maximum Gasteiger partial charge on any atom is 0.270 e. The van der Waals surface area contributed by atoms with Crippen molar-refractivity contribution in [3.8, 4) is 0 Å². The highest BCUT2D eigenvalue weighted by molar-refractivity contribution is 5.92. The fourth-order valence-electron chi connectivity index (χ4n) is 2.53. The lowest BCUT2D eigenvalue weighted by atomic mass is 10.2. The Morgan fingerprint density at radius 3 is 2.64 bits per heavy atom. The van der Waals surface area contributed by atoms with Crippen LogP contribution in [0.2, 0.25) is 0 Å². The molecule has 0 aliphatic carbocycles. The van der Waals surface area contributed by atoms with E-state index in [1.54, 1.807) is 0 Å². The maximum atomic E-state index is 12.2. The first-order valence-electron chi connectivity index (χ1n) is 8.17. The normalized spacial score (nSPS) is 15.9. The summed E-state index contributed by atoms with van der Waals surface area (Å²) in [5.74, 6) is 1.41. The minimum absolute atomic E-state index is 0.100. The molecule has 2 rings (SSSR count). The topological polar surface area (TPSA) is 61.4 Å². The van der Waals surface area contributed by atoms with Crippen LogP contribution in [0.15, 0.2) is 6.07 Å². The Morgan fingerprint density at radius 2 is 1.95 bits per heavy atom. The predicted octanol–water partition coefficient (Wildman–Crippen LogP) is 1.46. The number of aromatic nitrogens is 2. The highest BCUT2D eigenvalue weighted by Crippen LogP contribution is 2.15. The zero-order valence-corrected chi connectivity index (χ0v) is 13.9. The first kappa shape index (κ1) is 16.7. The molecule has 1 saturated heterocycles. The number of carbonyl (C=O) groups excluding carboxylic acids is 1. The van der Waals surface area contributed by atoms with E-state index in [2.05, 4.69) is 39.1 Å². The standard InChI is InChI=1S/C16H27N5O/c1-4-5-6-7-17-16(22)14-12-15(19-13(2)18-14)21-10-8-20(3)9-11-21/h12H,4-11H2,1-3H3,(H,17,22). The molecule has 122 valence electrons. The van der Waals surface area contributed by atoms with Gasteiger partial charge in [0.05, 0.1) is 0 Å². The summed E-state index contributed by atoms with van der Waals surface area (Å²) in [4.78, 5) is 25.5. The summed E-state index contributed by atoms with van der Waals surface area (Å²) in [5, 5.41) is 2.94. The van der Waals surface area contributed by atoms with E-state index in [9.17, 15) is 4.79 Å². The van der Waals surface area contributed by atoms with E-state index in [0.717, 1.165) is 51.3 Å². The van der Waals surface area contributed by atoms with Crippen LogP contribution in [-0.2, 0) is 0 Å². The molecule has 1 aliphatic heterocycles. The van der Waals surface area contributed by atoms with Crippen LogP contribution in [0, 0.1) is 6.92 Å². The van der Waals surface area contributed by atoms with Crippen molar-refractivity contribution in [2.24, 2.45) is 0 Å². The van der Waals surface area contributed by atoms with Crippen molar-refractivity contribution in [3.63, 3.8) is 0 Å². The molecular weight excluding hydrogens is 278 g/mol. The highest BCUT2D eigenvalue weighted by Gasteiger charge is 2.18. The van der Waals surface area contributed by atoms with Gasteiger partial charge in [-0.2, -0.15) is 0 Å². The number of nitrogens with one attached hydrogen (secondary N) is 1. The molecule has 0 bridgehead atoms. The molecule has 2 heterocycles. The quantitative estimate of drug-likeness (QED) is 0.806. The molecular formula is C16H27N5O. The highest BCUT2D eigenvalue weighted by atomic mass is 16.1. The van der Waals surface area contributed by atoms with Crippen molar-refractivity contribution in [1.82, 2.24) is 20.2 Å². The average Bonchev–Trinajstić information content (AvgIpc) is 2.51. The number of nitrogens with zero attached hydrogens (tertiary/aromatic N) is 4. The summed E-state index contributed by atoms with van der Waals surface area (Å²) in [6.45, 7) is 8.60. The molecule has 0 aromatic carbocycles. The second-order valence-electron chi connectivity index (χ2n) is 5.91. The number of amides is 1. The van der Waals surface area contributed by atoms with Gasteiger partial charge in [-0.25, -0.2) is 9.97 Å². The first-order chi connectivity index (χ1) is 10.6. The molecule has 1 amide bonds. The monoisotopic (exact) mass is 305 g/mol. The Kier molecular flexibility index (Phi) is 6.12. The van der Waals surface area contributed by atoms with E-state index < -0.39 is 0 Å². The molecule has 6 nitrogen and oxygen atoms in total. The molecule has 1 aromatic rings. The van der Waals surface area contributed by atoms with Crippen LogP contribution in [0.4, 0.5) is 5.82 Å². The largest absolute Gasteiger partial charge is 0.354 e. The van der Waals surface area contributed by atoms with Crippen LogP contribution in [0.3, 0.4) is 0 Å². The second kappa shape index (κ2) is 8.08. The van der Waals surface area contributed by atoms with Gasteiger partial charge in [0, 0.05) is 38.8 Å². The fourth-order valence-corrected chi connectivity index (χ4v) is 2.53. The van der Waals surface area contributed by atoms with Crippen molar-refractivity contribution in [2.45, 2.75) is 33.1 Å². The van der Waals surface area contributed by atoms with Gasteiger partial charge >= 0.3 is 0 Å². The van der Waals surface area contributed by atoms with Gasteiger partial charge in [0.25, 0.3) is 5.91 Å². The number of carbonyl (C=O) groups is 1. The van der Waals surface area contributed by atoms with Crippen molar-refractivity contribution in [1.29, 1.82) is 0 Å². The van der Waals surface area contributed by atoms with Crippen molar-refractivity contribution < 1.29 is 4.79 Å². The summed E-state index contributed by atoms with van der Waals surface area (Å²) in [6, 6.07) is 1.81. The van der Waals surface area contributed by atoms with E-state index in [0.29, 0.717) is 18.1 Å². The van der Waals surface area contributed by atoms with Gasteiger partial charge in [-0.3, -0.25) is 4.79 Å². The van der Waals surface area contributed by atoms with E-state index >= 15 is 0 Å². The van der Waals surface area contributed by atoms with Crippen LogP contribution in [0.25, 0.3) is 0 Å². The van der Waals surface area contributed by atoms with Crippen molar-refractivity contribution in [3.05, 3.63) is 17.6 Å². The average molecular weight is 305 g/mol. The lowest BCUT2D eigenvalue weighted by Crippen LogP contribution is -2.45. The van der Waals surface area contributed by atoms with E-state index in [1.165, 1.54) is 0 Å². The van der Waals surface area contributed by atoms with Crippen LogP contribution in [0.1, 0.15) is 42.5 Å². The van der Waals surface area contributed by atoms with Gasteiger partial charge < -0.3 is 15.1 Å². The first-order valence-corrected chi connectivity index (χ1v) is 8.17. The summed E-state index contributed by atoms with van der Waals surface area (Å²) >= 11 is 0. The number of likely N-dealkylation sites (N-methyl/N-ethyl adjacent to an activating group) is 1. The Labute approximate surface area is 132 Å². The molecule has 6 heteroatoms. The number of piperazine rings is 1. The van der Waals surface area contributed by atoms with Crippen molar-refractivity contribution in [2.75, 3.05) is 44.7 Å². The molecule has 1 N–H and O–H groups in total. The predicted molar refractivity (Wildman–Crippen MR) is 88.3 cm³/mol. The summed E-state index contributed by atoms with van der Waals surface area (Å²) in [6.07, 6.45) is 3.29. The molecule has 1 fully saturated rings. The molecule has 1 aromatic heterocycles. The molecule has 22 heavy (non-hydrogen) atoms. The summed E-state index contributed by atoms with van der Waals surface area (Å²) in [7, 11) is 2.12. The van der Waals surface area contributed by atoms with Crippen molar-refractivity contribution >= 4 is 11.7 Å². The Balaban J connectivity index is 2.01. The van der Waals surface area contributed by atoms with Gasteiger partial charge in [-0.1, -0.05) is 19.8 Å². The lowest BCUT2D eigenvalue weighted by Gasteiger charge is -2.33. The zero-order chi connectivity index (χ0) is 15.9. The van der Waals surface area contributed by atoms with Gasteiger partial charge in [0.2, 0.25) is 0 Å². The van der Waals surface area contributed by atoms with Gasteiger partial charge in [-0.05, 0) is 20.4 Å². The van der Waals surface area contributed by atoms with Gasteiger partial charge in [0.15, 0.2) is 0 Å². The third-order valence-electron chi connectivity index (χ3n) is 3.95. The summed E-state index contributed by atoms with van der Waals surface area (Å²) in [5.41, 5.74) is 0.470. The molecule has 0 unspecified atom stereocenters.